The molecule has 4 heteroatoms. The summed E-state index contributed by atoms with van der Waals surface area (Å²) in [6, 6.07) is 7.69. The lowest BCUT2D eigenvalue weighted by Gasteiger charge is -2.12. The topological polar surface area (TPSA) is 33.3 Å². The van der Waals surface area contributed by atoms with Gasteiger partial charge >= 0.3 is 0 Å². The highest BCUT2D eigenvalue weighted by atomic mass is 32.1. The van der Waals surface area contributed by atoms with Crippen molar-refractivity contribution in [1.82, 2.24) is 5.32 Å². The van der Waals surface area contributed by atoms with Crippen molar-refractivity contribution in [3.8, 4) is 5.75 Å². The molecule has 14 heavy (non-hydrogen) atoms. The van der Waals surface area contributed by atoms with Crippen molar-refractivity contribution in [2.75, 3.05) is 19.0 Å². The number of hydrogen-bond donors (Lipinski definition) is 2. The molecule has 0 aliphatic rings. The van der Waals surface area contributed by atoms with Gasteiger partial charge in [0.1, 0.15) is 5.75 Å². The molecule has 0 saturated carbocycles. The normalized spacial score (nSPS) is 9.29. The Morgan fingerprint density at radius 2 is 2.14 bits per heavy atom. The maximum absolute atomic E-state index is 5.43. The third-order valence-electron chi connectivity index (χ3n) is 1.66. The van der Waals surface area contributed by atoms with E-state index in [9.17, 15) is 0 Å². The van der Waals surface area contributed by atoms with Crippen molar-refractivity contribution in [3.63, 3.8) is 0 Å². The van der Waals surface area contributed by atoms with Crippen molar-refractivity contribution in [3.05, 3.63) is 24.3 Å². The standard InChI is InChI=1S/C10H14N2OS/c1-3-13-9-7-5-4-6-8(9)12-10(14)11-2/h4-7H,3H2,1-2H3,(H2,11,12,14). The van der Waals surface area contributed by atoms with Crippen molar-refractivity contribution in [1.29, 1.82) is 0 Å². The van der Waals surface area contributed by atoms with Crippen molar-refractivity contribution < 1.29 is 4.74 Å². The average Bonchev–Trinajstić information content (AvgIpc) is 2.21. The van der Waals surface area contributed by atoms with Crippen LogP contribution in [0.5, 0.6) is 5.75 Å². The molecule has 0 fully saturated rings. The number of para-hydroxylation sites is 2. The summed E-state index contributed by atoms with van der Waals surface area (Å²) in [6.45, 7) is 2.60. The molecule has 0 amide bonds. The third kappa shape index (κ3) is 2.88. The van der Waals surface area contributed by atoms with E-state index < -0.39 is 0 Å². The van der Waals surface area contributed by atoms with Crippen LogP contribution in [-0.2, 0) is 0 Å². The highest BCUT2D eigenvalue weighted by molar-refractivity contribution is 7.80. The van der Waals surface area contributed by atoms with Crippen LogP contribution in [-0.4, -0.2) is 18.8 Å². The lowest BCUT2D eigenvalue weighted by Crippen LogP contribution is -2.24. The molecule has 0 unspecified atom stereocenters. The van der Waals surface area contributed by atoms with E-state index in [4.69, 9.17) is 17.0 Å². The lowest BCUT2D eigenvalue weighted by molar-refractivity contribution is 0.342. The fourth-order valence-electron chi connectivity index (χ4n) is 1.04. The summed E-state index contributed by atoms with van der Waals surface area (Å²) >= 11 is 5.00. The van der Waals surface area contributed by atoms with Crippen LogP contribution in [0.15, 0.2) is 24.3 Å². The Kier molecular flexibility index (Phi) is 4.19. The molecular weight excluding hydrogens is 196 g/mol. The minimum atomic E-state index is 0.581. The molecule has 0 atom stereocenters. The number of rotatable bonds is 3. The number of benzene rings is 1. The van der Waals surface area contributed by atoms with Crippen LogP contribution in [0, 0.1) is 0 Å². The van der Waals surface area contributed by atoms with Gasteiger partial charge in [0.05, 0.1) is 12.3 Å². The van der Waals surface area contributed by atoms with Crippen LogP contribution in [0.4, 0.5) is 5.69 Å². The molecule has 76 valence electrons. The first-order valence-electron chi connectivity index (χ1n) is 4.48. The second-order valence-electron chi connectivity index (χ2n) is 2.63. The number of thiocarbonyl (C=S) groups is 1. The maximum atomic E-state index is 5.43. The van der Waals surface area contributed by atoms with Gasteiger partial charge in [-0.25, -0.2) is 0 Å². The van der Waals surface area contributed by atoms with E-state index in [1.54, 1.807) is 7.05 Å². The summed E-state index contributed by atoms with van der Waals surface area (Å²) in [6.07, 6.45) is 0. The minimum Gasteiger partial charge on any atom is -0.492 e. The van der Waals surface area contributed by atoms with Gasteiger partial charge in [-0.15, -0.1) is 0 Å². The lowest BCUT2D eigenvalue weighted by atomic mass is 10.3. The third-order valence-corrected chi connectivity index (χ3v) is 1.97. The molecule has 0 aliphatic carbocycles. The van der Waals surface area contributed by atoms with E-state index >= 15 is 0 Å². The van der Waals surface area contributed by atoms with Crippen molar-refractivity contribution >= 4 is 23.0 Å². The Balaban J connectivity index is 2.78. The highest BCUT2D eigenvalue weighted by Crippen LogP contribution is 2.23. The summed E-state index contributed by atoms with van der Waals surface area (Å²) in [5, 5.41) is 6.47. The van der Waals surface area contributed by atoms with Gasteiger partial charge in [0.15, 0.2) is 5.11 Å². The zero-order chi connectivity index (χ0) is 10.4. The molecule has 0 spiro atoms. The van der Waals surface area contributed by atoms with Crippen LogP contribution >= 0.6 is 12.2 Å². The summed E-state index contributed by atoms with van der Waals surface area (Å²) in [4.78, 5) is 0. The monoisotopic (exact) mass is 210 g/mol. The molecule has 0 bridgehead atoms. The Bertz CT molecular complexity index is 315. The molecule has 0 aliphatic heterocycles. The van der Waals surface area contributed by atoms with Gasteiger partial charge in [-0.2, -0.15) is 0 Å². The van der Waals surface area contributed by atoms with Gasteiger partial charge in [-0.3, -0.25) is 0 Å². The number of anilines is 1. The van der Waals surface area contributed by atoms with E-state index in [2.05, 4.69) is 10.6 Å². The predicted molar refractivity (Wildman–Crippen MR) is 62.9 cm³/mol. The average molecular weight is 210 g/mol. The molecule has 0 saturated heterocycles. The van der Waals surface area contributed by atoms with Crippen LogP contribution < -0.4 is 15.4 Å². The van der Waals surface area contributed by atoms with E-state index in [0.717, 1.165) is 11.4 Å². The van der Waals surface area contributed by atoms with E-state index in [-0.39, 0.29) is 0 Å². The van der Waals surface area contributed by atoms with Gasteiger partial charge < -0.3 is 15.4 Å². The zero-order valence-corrected chi connectivity index (χ0v) is 9.15. The van der Waals surface area contributed by atoms with Crippen LogP contribution in [0.3, 0.4) is 0 Å². The molecule has 1 aromatic carbocycles. The second-order valence-corrected chi connectivity index (χ2v) is 3.04. The zero-order valence-electron chi connectivity index (χ0n) is 8.33. The SMILES string of the molecule is CCOc1ccccc1NC(=S)NC. The number of nitrogens with one attached hydrogen (secondary N) is 2. The number of ether oxygens (including phenoxy) is 1. The molecule has 3 nitrogen and oxygen atoms in total. The first-order chi connectivity index (χ1) is 6.77. The smallest absolute Gasteiger partial charge is 0.170 e. The molecule has 2 N–H and O–H groups in total. The summed E-state index contributed by atoms with van der Waals surface area (Å²) < 4.78 is 5.43. The van der Waals surface area contributed by atoms with Gasteiger partial charge in [0, 0.05) is 7.05 Å². The number of hydrogen-bond acceptors (Lipinski definition) is 2. The van der Waals surface area contributed by atoms with Gasteiger partial charge in [0.2, 0.25) is 0 Å². The summed E-state index contributed by atoms with van der Waals surface area (Å²) in [5.74, 6) is 0.813. The Hall–Kier alpha value is -1.29. The second kappa shape index (κ2) is 5.44. The maximum Gasteiger partial charge on any atom is 0.170 e. The Morgan fingerprint density at radius 3 is 2.79 bits per heavy atom. The molecule has 0 aromatic heterocycles. The van der Waals surface area contributed by atoms with Crippen LogP contribution in [0.1, 0.15) is 6.92 Å². The quantitative estimate of drug-likeness (QED) is 0.748. The summed E-state index contributed by atoms with van der Waals surface area (Å²) in [5.41, 5.74) is 0.883. The Labute approximate surface area is 89.5 Å². The van der Waals surface area contributed by atoms with Crippen molar-refractivity contribution in [2.24, 2.45) is 0 Å². The van der Waals surface area contributed by atoms with Gasteiger partial charge in [-0.1, -0.05) is 12.1 Å². The molecule has 0 radical (unpaired) electrons. The van der Waals surface area contributed by atoms with Crippen LogP contribution in [0.25, 0.3) is 0 Å². The molecule has 1 rings (SSSR count). The van der Waals surface area contributed by atoms with E-state index in [1.807, 2.05) is 31.2 Å². The molecule has 0 heterocycles. The van der Waals surface area contributed by atoms with Gasteiger partial charge in [0.25, 0.3) is 0 Å². The first-order valence-corrected chi connectivity index (χ1v) is 4.89. The largest absolute Gasteiger partial charge is 0.492 e. The highest BCUT2D eigenvalue weighted by Gasteiger charge is 2.02. The predicted octanol–water partition coefficient (Wildman–Crippen LogP) is 2.00. The Morgan fingerprint density at radius 1 is 1.43 bits per heavy atom. The van der Waals surface area contributed by atoms with E-state index in [0.29, 0.717) is 11.7 Å². The van der Waals surface area contributed by atoms with Crippen molar-refractivity contribution in [2.45, 2.75) is 6.92 Å². The fourth-order valence-corrected chi connectivity index (χ4v) is 1.15. The first kappa shape index (κ1) is 10.8. The summed E-state index contributed by atoms with van der Waals surface area (Å²) in [7, 11) is 1.78. The van der Waals surface area contributed by atoms with Gasteiger partial charge in [-0.05, 0) is 31.3 Å². The minimum absolute atomic E-state index is 0.581. The van der Waals surface area contributed by atoms with Crippen LogP contribution in [0.2, 0.25) is 0 Å². The molecular formula is C10H14N2OS. The fraction of sp³-hybridized carbons (Fsp3) is 0.300. The van der Waals surface area contributed by atoms with E-state index in [1.165, 1.54) is 0 Å². The molecule has 1 aromatic rings.